The Morgan fingerprint density at radius 3 is 2.89 bits per heavy atom. The SMILES string of the molecule is CCC1CCN(C(=O)Nc2cccc(C(=O)O)c2)C1. The molecule has 0 bridgehead atoms. The Bertz CT molecular complexity index is 487. The predicted molar refractivity (Wildman–Crippen MR) is 72.4 cm³/mol. The summed E-state index contributed by atoms with van der Waals surface area (Å²) in [5.41, 5.74) is 0.690. The number of carbonyl (C=O) groups is 2. The molecule has 1 saturated heterocycles. The van der Waals surface area contributed by atoms with Crippen molar-refractivity contribution in [2.24, 2.45) is 5.92 Å². The van der Waals surface area contributed by atoms with Crippen LogP contribution in [-0.2, 0) is 0 Å². The molecule has 0 saturated carbocycles. The van der Waals surface area contributed by atoms with Crippen molar-refractivity contribution in [1.82, 2.24) is 4.90 Å². The first-order valence-corrected chi connectivity index (χ1v) is 6.49. The second-order valence-electron chi connectivity index (χ2n) is 4.83. The number of benzene rings is 1. The van der Waals surface area contributed by atoms with Crippen LogP contribution < -0.4 is 5.32 Å². The van der Waals surface area contributed by atoms with E-state index in [-0.39, 0.29) is 11.6 Å². The molecule has 2 N–H and O–H groups in total. The number of urea groups is 1. The third-order valence-corrected chi connectivity index (χ3v) is 3.51. The van der Waals surface area contributed by atoms with Gasteiger partial charge in [0.25, 0.3) is 0 Å². The number of carboxylic acids is 1. The second kappa shape index (κ2) is 5.73. The molecule has 2 amide bonds. The molecule has 19 heavy (non-hydrogen) atoms. The number of nitrogens with one attached hydrogen (secondary N) is 1. The Morgan fingerprint density at radius 1 is 1.47 bits per heavy atom. The first-order chi connectivity index (χ1) is 9.10. The fourth-order valence-electron chi connectivity index (χ4n) is 2.28. The van der Waals surface area contributed by atoms with E-state index in [0.717, 1.165) is 25.9 Å². The first kappa shape index (κ1) is 13.4. The molecule has 1 atom stereocenters. The molecule has 0 radical (unpaired) electrons. The lowest BCUT2D eigenvalue weighted by atomic mass is 10.1. The monoisotopic (exact) mass is 262 g/mol. The molecule has 0 spiro atoms. The van der Waals surface area contributed by atoms with Gasteiger partial charge in [-0.25, -0.2) is 9.59 Å². The minimum Gasteiger partial charge on any atom is -0.478 e. The number of aromatic carboxylic acids is 1. The molecular weight excluding hydrogens is 244 g/mol. The van der Waals surface area contributed by atoms with Crippen LogP contribution in [0.1, 0.15) is 30.1 Å². The molecular formula is C14H18N2O3. The van der Waals surface area contributed by atoms with Crippen molar-refractivity contribution in [3.8, 4) is 0 Å². The van der Waals surface area contributed by atoms with Crippen LogP contribution in [0.25, 0.3) is 0 Å². The van der Waals surface area contributed by atoms with Gasteiger partial charge in [0.05, 0.1) is 5.56 Å². The summed E-state index contributed by atoms with van der Waals surface area (Å²) in [4.78, 5) is 24.7. The zero-order valence-electron chi connectivity index (χ0n) is 10.9. The summed E-state index contributed by atoms with van der Waals surface area (Å²) in [5, 5.41) is 11.6. The zero-order valence-corrected chi connectivity index (χ0v) is 10.9. The van der Waals surface area contributed by atoms with Crippen molar-refractivity contribution in [2.45, 2.75) is 19.8 Å². The number of likely N-dealkylation sites (tertiary alicyclic amines) is 1. The van der Waals surface area contributed by atoms with Crippen LogP contribution in [-0.4, -0.2) is 35.1 Å². The third kappa shape index (κ3) is 3.24. The number of carbonyl (C=O) groups excluding carboxylic acids is 1. The van der Waals surface area contributed by atoms with E-state index >= 15 is 0 Å². The van der Waals surface area contributed by atoms with Gasteiger partial charge in [0.15, 0.2) is 0 Å². The lowest BCUT2D eigenvalue weighted by molar-refractivity contribution is 0.0697. The fraction of sp³-hybridized carbons (Fsp3) is 0.429. The molecule has 102 valence electrons. The van der Waals surface area contributed by atoms with Gasteiger partial charge < -0.3 is 15.3 Å². The maximum Gasteiger partial charge on any atom is 0.335 e. The van der Waals surface area contributed by atoms with E-state index in [1.54, 1.807) is 17.0 Å². The third-order valence-electron chi connectivity index (χ3n) is 3.51. The summed E-state index contributed by atoms with van der Waals surface area (Å²) >= 11 is 0. The molecule has 1 fully saturated rings. The van der Waals surface area contributed by atoms with Crippen LogP contribution in [0, 0.1) is 5.92 Å². The lowest BCUT2D eigenvalue weighted by Crippen LogP contribution is -2.33. The van der Waals surface area contributed by atoms with Crippen molar-refractivity contribution in [3.63, 3.8) is 0 Å². The Labute approximate surface area is 112 Å². The lowest BCUT2D eigenvalue weighted by Gasteiger charge is -2.17. The summed E-state index contributed by atoms with van der Waals surface area (Å²) in [7, 11) is 0. The number of nitrogens with zero attached hydrogens (tertiary/aromatic N) is 1. The zero-order chi connectivity index (χ0) is 13.8. The molecule has 1 unspecified atom stereocenters. The standard InChI is InChI=1S/C14H18N2O3/c1-2-10-6-7-16(9-10)14(19)15-12-5-3-4-11(8-12)13(17)18/h3-5,8,10H,2,6-7,9H2,1H3,(H,15,19)(H,17,18). The average molecular weight is 262 g/mol. The Kier molecular flexibility index (Phi) is 4.04. The predicted octanol–water partition coefficient (Wildman–Crippen LogP) is 2.65. The summed E-state index contributed by atoms with van der Waals surface area (Å²) in [6, 6.07) is 6.13. The van der Waals surface area contributed by atoms with Crippen LogP contribution in [0.15, 0.2) is 24.3 Å². The Hall–Kier alpha value is -2.04. The molecule has 1 aliphatic rings. The average Bonchev–Trinajstić information content (AvgIpc) is 2.88. The van der Waals surface area contributed by atoms with E-state index in [9.17, 15) is 9.59 Å². The van der Waals surface area contributed by atoms with Crippen molar-refractivity contribution in [2.75, 3.05) is 18.4 Å². The van der Waals surface area contributed by atoms with Gasteiger partial charge in [0.2, 0.25) is 0 Å². The molecule has 2 rings (SSSR count). The number of anilines is 1. The van der Waals surface area contributed by atoms with Crippen molar-refractivity contribution >= 4 is 17.7 Å². The summed E-state index contributed by atoms with van der Waals surface area (Å²) < 4.78 is 0. The number of hydrogen-bond donors (Lipinski definition) is 2. The van der Waals surface area contributed by atoms with E-state index in [4.69, 9.17) is 5.11 Å². The maximum atomic E-state index is 12.0. The highest BCUT2D eigenvalue weighted by Crippen LogP contribution is 2.20. The molecule has 5 nitrogen and oxygen atoms in total. The van der Waals surface area contributed by atoms with E-state index in [0.29, 0.717) is 11.6 Å². The van der Waals surface area contributed by atoms with Gasteiger partial charge in [-0.2, -0.15) is 0 Å². The maximum absolute atomic E-state index is 12.0. The highest BCUT2D eigenvalue weighted by atomic mass is 16.4. The minimum absolute atomic E-state index is 0.154. The quantitative estimate of drug-likeness (QED) is 0.879. The van der Waals surface area contributed by atoms with E-state index in [2.05, 4.69) is 12.2 Å². The van der Waals surface area contributed by atoms with Gasteiger partial charge in [-0.15, -0.1) is 0 Å². The van der Waals surface area contributed by atoms with Gasteiger partial charge >= 0.3 is 12.0 Å². The van der Waals surface area contributed by atoms with Crippen LogP contribution in [0.2, 0.25) is 0 Å². The Balaban J connectivity index is 1.99. The van der Waals surface area contributed by atoms with Crippen LogP contribution >= 0.6 is 0 Å². The summed E-state index contributed by atoms with van der Waals surface area (Å²) in [6.07, 6.45) is 2.12. The van der Waals surface area contributed by atoms with Crippen molar-refractivity contribution in [1.29, 1.82) is 0 Å². The van der Waals surface area contributed by atoms with Crippen molar-refractivity contribution in [3.05, 3.63) is 29.8 Å². The van der Waals surface area contributed by atoms with Gasteiger partial charge in [0.1, 0.15) is 0 Å². The van der Waals surface area contributed by atoms with Gasteiger partial charge in [0, 0.05) is 18.8 Å². The highest BCUT2D eigenvalue weighted by molar-refractivity contribution is 5.93. The first-order valence-electron chi connectivity index (χ1n) is 6.49. The second-order valence-corrected chi connectivity index (χ2v) is 4.83. The summed E-state index contributed by atoms with van der Waals surface area (Å²) in [5.74, 6) is -0.417. The van der Waals surface area contributed by atoms with Crippen LogP contribution in [0.3, 0.4) is 0 Å². The molecule has 1 aliphatic heterocycles. The minimum atomic E-state index is -0.997. The van der Waals surface area contributed by atoms with Crippen LogP contribution in [0.5, 0.6) is 0 Å². The molecule has 1 aromatic rings. The van der Waals surface area contributed by atoms with E-state index < -0.39 is 5.97 Å². The highest BCUT2D eigenvalue weighted by Gasteiger charge is 2.24. The fourth-order valence-corrected chi connectivity index (χ4v) is 2.28. The van der Waals surface area contributed by atoms with E-state index in [1.165, 1.54) is 12.1 Å². The topological polar surface area (TPSA) is 69.6 Å². The van der Waals surface area contributed by atoms with Gasteiger partial charge in [-0.05, 0) is 30.5 Å². The Morgan fingerprint density at radius 2 is 2.26 bits per heavy atom. The van der Waals surface area contributed by atoms with Gasteiger partial charge in [-0.1, -0.05) is 19.4 Å². The molecule has 1 heterocycles. The smallest absolute Gasteiger partial charge is 0.335 e. The van der Waals surface area contributed by atoms with Crippen LogP contribution in [0.4, 0.5) is 10.5 Å². The van der Waals surface area contributed by atoms with Gasteiger partial charge in [-0.3, -0.25) is 0 Å². The molecule has 0 aliphatic carbocycles. The van der Waals surface area contributed by atoms with E-state index in [1.807, 2.05) is 0 Å². The summed E-state index contributed by atoms with van der Waals surface area (Å²) in [6.45, 7) is 3.67. The van der Waals surface area contributed by atoms with Crippen molar-refractivity contribution < 1.29 is 14.7 Å². The molecule has 1 aromatic carbocycles. The normalized spacial score (nSPS) is 18.4. The number of rotatable bonds is 3. The molecule has 5 heteroatoms. The number of carboxylic acid groups (broad SMARTS) is 1. The number of hydrogen-bond acceptors (Lipinski definition) is 2. The largest absolute Gasteiger partial charge is 0.478 e. The molecule has 0 aromatic heterocycles. The number of amides is 2.